The summed E-state index contributed by atoms with van der Waals surface area (Å²) >= 11 is 0. The SMILES string of the molecule is CCCCCCC1(C#N)CC1. The summed E-state index contributed by atoms with van der Waals surface area (Å²) in [6.45, 7) is 2.22. The van der Waals surface area contributed by atoms with Crippen molar-refractivity contribution >= 4 is 0 Å². The summed E-state index contributed by atoms with van der Waals surface area (Å²) < 4.78 is 0. The molecule has 0 aromatic carbocycles. The van der Waals surface area contributed by atoms with Gasteiger partial charge in [0.2, 0.25) is 0 Å². The Morgan fingerprint density at radius 3 is 2.45 bits per heavy atom. The zero-order valence-electron chi connectivity index (χ0n) is 7.40. The van der Waals surface area contributed by atoms with E-state index in [0.29, 0.717) is 0 Å². The quantitative estimate of drug-likeness (QED) is 0.553. The molecule has 0 spiro atoms. The first-order valence-electron chi connectivity index (χ1n) is 4.74. The summed E-state index contributed by atoms with van der Waals surface area (Å²) in [5.74, 6) is 0. The minimum atomic E-state index is 0.147. The average Bonchev–Trinajstić information content (AvgIpc) is 2.80. The largest absolute Gasteiger partial charge is 0.198 e. The number of hydrogen-bond acceptors (Lipinski definition) is 1. The third-order valence-corrected chi connectivity index (χ3v) is 2.60. The molecule has 1 aliphatic carbocycles. The summed E-state index contributed by atoms with van der Waals surface area (Å²) in [5.41, 5.74) is 0.147. The number of hydrogen-bond donors (Lipinski definition) is 0. The van der Waals surface area contributed by atoms with Crippen molar-refractivity contribution in [2.75, 3.05) is 0 Å². The number of rotatable bonds is 5. The Balaban J connectivity index is 2.00. The number of unbranched alkanes of at least 4 members (excludes halogenated alkanes) is 3. The predicted molar refractivity (Wildman–Crippen MR) is 46.0 cm³/mol. The highest BCUT2D eigenvalue weighted by atomic mass is 14.5. The van der Waals surface area contributed by atoms with E-state index >= 15 is 0 Å². The molecule has 1 aliphatic rings. The van der Waals surface area contributed by atoms with Gasteiger partial charge in [-0.3, -0.25) is 0 Å². The van der Waals surface area contributed by atoms with Crippen molar-refractivity contribution < 1.29 is 0 Å². The molecule has 1 heteroatoms. The summed E-state index contributed by atoms with van der Waals surface area (Å²) in [4.78, 5) is 0. The van der Waals surface area contributed by atoms with Gasteiger partial charge in [0.15, 0.2) is 0 Å². The van der Waals surface area contributed by atoms with Crippen LogP contribution in [0.4, 0.5) is 0 Å². The van der Waals surface area contributed by atoms with Gasteiger partial charge in [0.25, 0.3) is 0 Å². The van der Waals surface area contributed by atoms with Crippen molar-refractivity contribution in [1.82, 2.24) is 0 Å². The van der Waals surface area contributed by atoms with Crippen LogP contribution in [0.3, 0.4) is 0 Å². The van der Waals surface area contributed by atoms with Crippen LogP contribution in [-0.2, 0) is 0 Å². The summed E-state index contributed by atoms with van der Waals surface area (Å²) in [7, 11) is 0. The van der Waals surface area contributed by atoms with Crippen LogP contribution < -0.4 is 0 Å². The maximum absolute atomic E-state index is 8.76. The molecule has 0 aromatic rings. The Kier molecular flexibility index (Phi) is 2.93. The molecule has 0 amide bonds. The van der Waals surface area contributed by atoms with Gasteiger partial charge in [-0.2, -0.15) is 5.26 Å². The Hall–Kier alpha value is -0.510. The molecular weight excluding hydrogens is 134 g/mol. The maximum Gasteiger partial charge on any atom is 0.0689 e. The molecule has 1 fully saturated rings. The van der Waals surface area contributed by atoms with Crippen LogP contribution >= 0.6 is 0 Å². The molecule has 0 bridgehead atoms. The monoisotopic (exact) mass is 151 g/mol. The van der Waals surface area contributed by atoms with E-state index in [1.54, 1.807) is 0 Å². The molecule has 1 saturated carbocycles. The third-order valence-electron chi connectivity index (χ3n) is 2.60. The second-order valence-electron chi connectivity index (χ2n) is 3.70. The lowest BCUT2D eigenvalue weighted by Gasteiger charge is -2.03. The minimum Gasteiger partial charge on any atom is -0.198 e. The topological polar surface area (TPSA) is 23.8 Å². The van der Waals surface area contributed by atoms with E-state index in [9.17, 15) is 0 Å². The lowest BCUT2D eigenvalue weighted by Crippen LogP contribution is -1.94. The Morgan fingerprint density at radius 2 is 2.00 bits per heavy atom. The van der Waals surface area contributed by atoms with Gasteiger partial charge >= 0.3 is 0 Å². The number of nitriles is 1. The van der Waals surface area contributed by atoms with E-state index in [4.69, 9.17) is 5.26 Å². The molecule has 0 aliphatic heterocycles. The van der Waals surface area contributed by atoms with Gasteiger partial charge in [0.05, 0.1) is 11.5 Å². The van der Waals surface area contributed by atoms with Crippen LogP contribution in [0.25, 0.3) is 0 Å². The first-order chi connectivity index (χ1) is 5.33. The molecule has 0 heterocycles. The predicted octanol–water partition coefficient (Wildman–Crippen LogP) is 3.26. The van der Waals surface area contributed by atoms with Gasteiger partial charge in [-0.05, 0) is 19.3 Å². The molecule has 0 unspecified atom stereocenters. The molecule has 0 radical (unpaired) electrons. The second kappa shape index (κ2) is 3.76. The summed E-state index contributed by atoms with van der Waals surface area (Å²) in [6, 6.07) is 2.43. The van der Waals surface area contributed by atoms with Gasteiger partial charge in [-0.15, -0.1) is 0 Å². The highest BCUT2D eigenvalue weighted by Crippen LogP contribution is 2.49. The molecule has 0 saturated heterocycles. The van der Waals surface area contributed by atoms with Crippen LogP contribution in [0.15, 0.2) is 0 Å². The van der Waals surface area contributed by atoms with Crippen LogP contribution in [-0.4, -0.2) is 0 Å². The molecule has 1 rings (SSSR count). The highest BCUT2D eigenvalue weighted by molar-refractivity contribution is 5.09. The molecule has 11 heavy (non-hydrogen) atoms. The Morgan fingerprint density at radius 1 is 1.27 bits per heavy atom. The van der Waals surface area contributed by atoms with Crippen molar-refractivity contribution in [2.45, 2.75) is 51.9 Å². The fourth-order valence-corrected chi connectivity index (χ4v) is 1.46. The fraction of sp³-hybridized carbons (Fsp3) is 0.900. The second-order valence-corrected chi connectivity index (χ2v) is 3.70. The molecule has 1 nitrogen and oxygen atoms in total. The fourth-order valence-electron chi connectivity index (χ4n) is 1.46. The van der Waals surface area contributed by atoms with Crippen molar-refractivity contribution in [1.29, 1.82) is 5.26 Å². The standard InChI is InChI=1S/C10H17N/c1-2-3-4-5-6-10(9-11)7-8-10/h2-8H2,1H3. The average molecular weight is 151 g/mol. The van der Waals surface area contributed by atoms with Gasteiger partial charge in [-0.1, -0.05) is 32.6 Å². The van der Waals surface area contributed by atoms with Crippen molar-refractivity contribution in [3.63, 3.8) is 0 Å². The van der Waals surface area contributed by atoms with Crippen LogP contribution in [0.1, 0.15) is 51.9 Å². The van der Waals surface area contributed by atoms with Crippen molar-refractivity contribution in [2.24, 2.45) is 5.41 Å². The molecule has 62 valence electrons. The van der Waals surface area contributed by atoms with Crippen molar-refractivity contribution in [3.05, 3.63) is 0 Å². The van der Waals surface area contributed by atoms with Crippen molar-refractivity contribution in [3.8, 4) is 6.07 Å². The third kappa shape index (κ3) is 2.54. The molecular formula is C10H17N. The first-order valence-corrected chi connectivity index (χ1v) is 4.74. The van der Waals surface area contributed by atoms with Gasteiger partial charge in [-0.25, -0.2) is 0 Å². The van der Waals surface area contributed by atoms with E-state index in [1.165, 1.54) is 25.7 Å². The molecule has 0 atom stereocenters. The van der Waals surface area contributed by atoms with E-state index in [1.807, 2.05) is 0 Å². The lowest BCUT2D eigenvalue weighted by molar-refractivity contribution is 0.529. The van der Waals surface area contributed by atoms with Gasteiger partial charge in [0.1, 0.15) is 0 Å². The van der Waals surface area contributed by atoms with E-state index < -0.39 is 0 Å². The van der Waals surface area contributed by atoms with E-state index in [0.717, 1.165) is 19.3 Å². The molecule has 0 N–H and O–H groups in total. The smallest absolute Gasteiger partial charge is 0.0689 e. The van der Waals surface area contributed by atoms with E-state index in [-0.39, 0.29) is 5.41 Å². The van der Waals surface area contributed by atoms with E-state index in [2.05, 4.69) is 13.0 Å². The first kappa shape index (κ1) is 8.59. The van der Waals surface area contributed by atoms with Crippen LogP contribution in [0, 0.1) is 16.7 Å². The normalized spacial score (nSPS) is 19.3. The number of nitrogens with zero attached hydrogens (tertiary/aromatic N) is 1. The Labute approximate surface area is 69.4 Å². The zero-order chi connectivity index (χ0) is 8.16. The summed E-state index contributed by atoms with van der Waals surface area (Å²) in [6.07, 6.45) is 8.69. The van der Waals surface area contributed by atoms with Crippen LogP contribution in [0.2, 0.25) is 0 Å². The van der Waals surface area contributed by atoms with Crippen LogP contribution in [0.5, 0.6) is 0 Å². The summed E-state index contributed by atoms with van der Waals surface area (Å²) in [5, 5.41) is 8.76. The van der Waals surface area contributed by atoms with Gasteiger partial charge < -0.3 is 0 Å². The minimum absolute atomic E-state index is 0.147. The zero-order valence-corrected chi connectivity index (χ0v) is 7.40. The lowest BCUT2D eigenvalue weighted by atomic mass is 10.00. The molecule has 0 aromatic heterocycles. The van der Waals surface area contributed by atoms with Gasteiger partial charge in [0, 0.05) is 0 Å². The Bertz CT molecular complexity index is 151. The highest BCUT2D eigenvalue weighted by Gasteiger charge is 2.41. The maximum atomic E-state index is 8.76.